The predicted molar refractivity (Wildman–Crippen MR) is 227 cm³/mol. The van der Waals surface area contributed by atoms with Gasteiger partial charge in [0.2, 0.25) is 0 Å². The zero-order valence-corrected chi connectivity index (χ0v) is 38.2. The third-order valence-electron chi connectivity index (χ3n) is 14.4. The van der Waals surface area contributed by atoms with Crippen LogP contribution in [0.15, 0.2) is 59.3 Å². The van der Waals surface area contributed by atoms with Crippen molar-refractivity contribution in [3.63, 3.8) is 0 Å². The summed E-state index contributed by atoms with van der Waals surface area (Å²) in [5, 5.41) is 34.2. The quantitative estimate of drug-likeness (QED) is 0.210. The van der Waals surface area contributed by atoms with Crippen molar-refractivity contribution >= 4 is 5.97 Å². The highest BCUT2D eigenvalue weighted by atomic mass is 16.7. The van der Waals surface area contributed by atoms with Crippen LogP contribution >= 0.6 is 0 Å². The van der Waals surface area contributed by atoms with E-state index in [0.29, 0.717) is 31.3 Å². The van der Waals surface area contributed by atoms with E-state index in [9.17, 15) is 20.1 Å². The Balaban J connectivity index is 1.18. The first-order chi connectivity index (χ1) is 29.5. The second-order valence-corrected chi connectivity index (χ2v) is 19.0. The highest BCUT2D eigenvalue weighted by Gasteiger charge is 2.58. The first-order valence-electron chi connectivity index (χ1n) is 22.9. The number of methoxy groups -OCH3 is 2. The second-order valence-electron chi connectivity index (χ2n) is 19.0. The number of aliphatic hydroxyl groups excluding tert-OH is 2. The fraction of sp³-hybridized carbons (Fsp3) is 0.771. The van der Waals surface area contributed by atoms with Crippen LogP contribution in [-0.4, -0.2) is 139 Å². The summed E-state index contributed by atoms with van der Waals surface area (Å²) in [5.41, 5.74) is -0.426. The molecule has 1 unspecified atom stereocenters. The van der Waals surface area contributed by atoms with Crippen LogP contribution in [-0.2, 0) is 52.2 Å². The summed E-state index contributed by atoms with van der Waals surface area (Å²) in [6.45, 7) is 16.1. The molecule has 7 aliphatic rings. The molecule has 0 aromatic rings. The summed E-state index contributed by atoms with van der Waals surface area (Å²) in [6, 6.07) is 0. The van der Waals surface area contributed by atoms with E-state index < -0.39 is 90.8 Å². The van der Waals surface area contributed by atoms with Gasteiger partial charge in [0.05, 0.1) is 61.0 Å². The van der Waals surface area contributed by atoms with Gasteiger partial charge in [-0.25, -0.2) is 4.79 Å². The maximum atomic E-state index is 14.3. The number of hydrogen-bond donors (Lipinski definition) is 3. The molecule has 2 bridgehead atoms. The molecule has 4 fully saturated rings. The van der Waals surface area contributed by atoms with Gasteiger partial charge in [-0.15, -0.1) is 0 Å². The maximum absolute atomic E-state index is 14.3. The monoisotopic (exact) mass is 872 g/mol. The number of esters is 1. The van der Waals surface area contributed by atoms with Gasteiger partial charge in [-0.1, -0.05) is 77.5 Å². The lowest BCUT2D eigenvalue weighted by Gasteiger charge is -2.48. The van der Waals surface area contributed by atoms with Gasteiger partial charge < -0.3 is 62.7 Å². The van der Waals surface area contributed by atoms with E-state index in [1.165, 1.54) is 0 Å². The number of allylic oxidation sites excluding steroid dienone is 2. The van der Waals surface area contributed by atoms with E-state index in [-0.39, 0.29) is 54.7 Å². The molecule has 62 heavy (non-hydrogen) atoms. The molecule has 0 amide bonds. The normalized spacial score (nSPS) is 49.1. The molecule has 0 aromatic heterocycles. The second kappa shape index (κ2) is 19.7. The molecule has 4 saturated heterocycles. The van der Waals surface area contributed by atoms with Gasteiger partial charge >= 0.3 is 5.97 Å². The van der Waals surface area contributed by atoms with E-state index in [1.807, 2.05) is 32.1 Å². The van der Waals surface area contributed by atoms with Crippen molar-refractivity contribution in [3.05, 3.63) is 59.3 Å². The van der Waals surface area contributed by atoms with Crippen molar-refractivity contribution in [1.82, 2.24) is 0 Å². The van der Waals surface area contributed by atoms with Gasteiger partial charge in [-0.3, -0.25) is 0 Å². The average Bonchev–Trinajstić information content (AvgIpc) is 3.58. The Morgan fingerprint density at radius 3 is 2.31 bits per heavy atom. The molecule has 348 valence electrons. The van der Waals surface area contributed by atoms with E-state index in [4.69, 9.17) is 47.4 Å². The van der Waals surface area contributed by atoms with Crippen molar-refractivity contribution < 1.29 is 67.5 Å². The number of fused-ring (bicyclic) bond motifs is 2. The van der Waals surface area contributed by atoms with Gasteiger partial charge in [0.25, 0.3) is 0 Å². The van der Waals surface area contributed by atoms with E-state index >= 15 is 0 Å². The van der Waals surface area contributed by atoms with Gasteiger partial charge in [0, 0.05) is 57.7 Å². The average molecular weight is 873 g/mol. The van der Waals surface area contributed by atoms with Crippen molar-refractivity contribution in [2.75, 3.05) is 20.8 Å². The predicted octanol–water partition coefficient (Wildman–Crippen LogP) is 5.38. The molecule has 0 saturated carbocycles. The Morgan fingerprint density at radius 1 is 0.871 bits per heavy atom. The van der Waals surface area contributed by atoms with Crippen molar-refractivity contribution in [2.24, 2.45) is 23.7 Å². The molecule has 6 aliphatic heterocycles. The fourth-order valence-corrected chi connectivity index (χ4v) is 10.5. The van der Waals surface area contributed by atoms with Crippen LogP contribution in [0.1, 0.15) is 93.9 Å². The Bertz CT molecular complexity index is 1730. The molecule has 7 rings (SSSR count). The summed E-state index contributed by atoms with van der Waals surface area (Å²) in [5.74, 6) is -1.99. The van der Waals surface area contributed by atoms with Crippen LogP contribution < -0.4 is 0 Å². The minimum absolute atomic E-state index is 0.0242. The highest BCUT2D eigenvalue weighted by Crippen LogP contribution is 2.47. The van der Waals surface area contributed by atoms with Gasteiger partial charge in [-0.2, -0.15) is 0 Å². The first-order valence-corrected chi connectivity index (χ1v) is 22.9. The molecule has 0 radical (unpaired) electrons. The number of rotatable bonds is 8. The summed E-state index contributed by atoms with van der Waals surface area (Å²) >= 11 is 0. The zero-order chi connectivity index (χ0) is 44.7. The Morgan fingerprint density at radius 2 is 1.58 bits per heavy atom. The third kappa shape index (κ3) is 9.64. The molecule has 0 aromatic carbocycles. The topological polar surface area (TPSA) is 170 Å². The standard InChI is InChI=1S/C48H72O14/c1-11-25(2)43-28(5)17-18-47(62-43)23-34-20-33(61-47)16-15-27(4)42(26(3)13-12-14-32-24-55-45-40(49)29(6)19-35(46(51)58-34)48(32,45)52)59-39-22-37(54-10)44(31(8)57-39)60-38-21-36(53-9)41(50)30(7)56-38/h12-15,17-19,25-26,28-31,33-34,36-45,49-50,52H,11,16,20-24H2,1-10H3/b13-12+,27-15+,32-14+/t25-,26-,28-,29?,30-,31-,33+,34-,36-,37-,38-,39-,40+,41-,42-,43+,44-,45+,47+,48+/m0/s1. The molecule has 14 heteroatoms. The van der Waals surface area contributed by atoms with Crippen LogP contribution in [0.25, 0.3) is 0 Å². The van der Waals surface area contributed by atoms with E-state index in [2.05, 4.69) is 39.8 Å². The molecule has 1 aliphatic carbocycles. The number of aliphatic hydroxyl groups is 3. The smallest absolute Gasteiger partial charge is 0.337 e. The lowest BCUT2D eigenvalue weighted by molar-refractivity contribution is -0.318. The number of carbonyl (C=O) groups excluding carboxylic acids is 1. The lowest BCUT2D eigenvalue weighted by Crippen LogP contribution is -2.56. The molecule has 20 atom stereocenters. The number of carbonyl (C=O) groups is 1. The Hall–Kier alpha value is -2.31. The number of hydrogen-bond acceptors (Lipinski definition) is 14. The molecule has 14 nitrogen and oxygen atoms in total. The van der Waals surface area contributed by atoms with Crippen molar-refractivity contribution in [3.8, 4) is 0 Å². The highest BCUT2D eigenvalue weighted by molar-refractivity contribution is 5.93. The fourth-order valence-electron chi connectivity index (χ4n) is 10.5. The summed E-state index contributed by atoms with van der Waals surface area (Å²) in [6.07, 6.45) is 8.54. The van der Waals surface area contributed by atoms with Gasteiger partial charge in [0.1, 0.15) is 30.0 Å². The minimum Gasteiger partial charge on any atom is -0.459 e. The van der Waals surface area contributed by atoms with Crippen LogP contribution in [0.3, 0.4) is 0 Å². The molecular formula is C48H72O14. The van der Waals surface area contributed by atoms with E-state index in [1.54, 1.807) is 40.2 Å². The molecule has 1 spiro atoms. The number of ether oxygens (including phenoxy) is 10. The van der Waals surface area contributed by atoms with E-state index in [0.717, 1.165) is 12.0 Å². The SMILES string of the molecule is CC[C@H](C)[C@H]1O[C@]2(C=C[C@@H]1C)C[C@@H]1C[C@@H](C/C=C(\C)[C@@H](O[C@H]3C[C@H](OC)[C@@H](O[C@H]4C[C@H](OC)[C@@H](O)[C@H](C)O4)[C@H](C)O3)[C@@H](C)/C=C/C=C3\CO[C@@H]4[C@H](O)C(C)C=C(C(=O)O1)[C@]34O)O2. The Kier molecular flexibility index (Phi) is 15.1. The molecular weight excluding hydrogens is 801 g/mol. The van der Waals surface area contributed by atoms with Crippen molar-refractivity contribution in [1.29, 1.82) is 0 Å². The summed E-state index contributed by atoms with van der Waals surface area (Å²) in [4.78, 5) is 14.3. The Labute approximate surface area is 367 Å². The van der Waals surface area contributed by atoms with Crippen LogP contribution in [0.2, 0.25) is 0 Å². The lowest BCUT2D eigenvalue weighted by atomic mass is 9.72. The third-order valence-corrected chi connectivity index (χ3v) is 14.4. The van der Waals surface area contributed by atoms with Crippen LogP contribution in [0.4, 0.5) is 0 Å². The minimum atomic E-state index is -1.90. The molecule has 3 N–H and O–H groups in total. The van der Waals surface area contributed by atoms with Crippen LogP contribution in [0, 0.1) is 23.7 Å². The largest absolute Gasteiger partial charge is 0.459 e. The summed E-state index contributed by atoms with van der Waals surface area (Å²) in [7, 11) is 3.22. The summed E-state index contributed by atoms with van der Waals surface area (Å²) < 4.78 is 63.6. The molecule has 6 heterocycles. The van der Waals surface area contributed by atoms with Gasteiger partial charge in [-0.05, 0) is 50.3 Å². The van der Waals surface area contributed by atoms with Crippen LogP contribution in [0.5, 0.6) is 0 Å². The van der Waals surface area contributed by atoms with Gasteiger partial charge in [0.15, 0.2) is 18.4 Å². The zero-order valence-electron chi connectivity index (χ0n) is 38.2. The first kappa shape index (κ1) is 47.6. The van der Waals surface area contributed by atoms with Crippen molar-refractivity contribution in [2.45, 2.75) is 191 Å². The maximum Gasteiger partial charge on any atom is 0.337 e.